The van der Waals surface area contributed by atoms with Crippen molar-refractivity contribution in [3.8, 4) is 5.69 Å². The molecule has 3 aromatic rings. The molecule has 1 amide bonds. The molecule has 1 aromatic heterocycles. The van der Waals surface area contributed by atoms with Crippen molar-refractivity contribution in [1.29, 1.82) is 0 Å². The third kappa shape index (κ3) is 6.47. The van der Waals surface area contributed by atoms with Crippen LogP contribution in [0.1, 0.15) is 52.2 Å². The standard InChI is InChI=1S/C30H38F2N4O3/c1-18(2)24-17-30(24,20-8-6-9-23(15-20)36-11-7-10-33-36)35-27(29(3,4)5)26(37)25(34-28(38)39)14-19-12-21(31)16-22(32)13-19/h6-13,15-16,18,24-27,34-35,37H,14,17H2,1-5H3,(H,38,39). The van der Waals surface area contributed by atoms with Crippen LogP contribution >= 0.6 is 0 Å². The fourth-order valence-corrected chi connectivity index (χ4v) is 5.74. The SMILES string of the molecule is CC(C)C1CC1(NC(C(O)C(Cc1cc(F)cc(F)c1)NC(=O)O)C(C)(C)C)c1cccc(-n2cccn2)c1. The molecule has 1 fully saturated rings. The molecule has 39 heavy (non-hydrogen) atoms. The van der Waals surface area contributed by atoms with Gasteiger partial charge in [-0.1, -0.05) is 46.8 Å². The maximum absolute atomic E-state index is 13.9. The fourth-order valence-electron chi connectivity index (χ4n) is 5.74. The molecule has 5 atom stereocenters. The molecule has 1 saturated carbocycles. The van der Waals surface area contributed by atoms with E-state index >= 15 is 0 Å². The molecule has 5 unspecified atom stereocenters. The fraction of sp³-hybridized carbons (Fsp3) is 0.467. The van der Waals surface area contributed by atoms with Crippen LogP contribution in [-0.2, 0) is 12.0 Å². The van der Waals surface area contributed by atoms with E-state index in [0.29, 0.717) is 5.92 Å². The average molecular weight is 541 g/mol. The largest absolute Gasteiger partial charge is 0.465 e. The maximum atomic E-state index is 13.9. The molecule has 2 aromatic carbocycles. The lowest BCUT2D eigenvalue weighted by atomic mass is 9.78. The Kier molecular flexibility index (Phi) is 8.14. The highest BCUT2D eigenvalue weighted by Crippen LogP contribution is 2.57. The molecule has 1 heterocycles. The molecule has 0 aliphatic heterocycles. The van der Waals surface area contributed by atoms with E-state index in [1.807, 2.05) is 45.2 Å². The van der Waals surface area contributed by atoms with E-state index in [4.69, 9.17) is 0 Å². The van der Waals surface area contributed by atoms with Crippen molar-refractivity contribution in [3.05, 3.63) is 83.7 Å². The Morgan fingerprint density at radius 3 is 2.38 bits per heavy atom. The highest BCUT2D eigenvalue weighted by molar-refractivity contribution is 5.65. The number of carboxylic acid groups (broad SMARTS) is 1. The van der Waals surface area contributed by atoms with Crippen LogP contribution in [0.2, 0.25) is 0 Å². The number of hydrogen-bond acceptors (Lipinski definition) is 4. The Bertz CT molecular complexity index is 1270. The van der Waals surface area contributed by atoms with Crippen LogP contribution in [-0.4, -0.2) is 44.3 Å². The van der Waals surface area contributed by atoms with E-state index < -0.39 is 46.9 Å². The Hall–Kier alpha value is -3.30. The van der Waals surface area contributed by atoms with Crippen LogP contribution < -0.4 is 10.6 Å². The van der Waals surface area contributed by atoms with Crippen LogP contribution in [0.15, 0.2) is 60.9 Å². The molecule has 9 heteroatoms. The van der Waals surface area contributed by atoms with Crippen molar-refractivity contribution in [1.82, 2.24) is 20.4 Å². The van der Waals surface area contributed by atoms with E-state index in [2.05, 4.69) is 41.7 Å². The zero-order valence-electron chi connectivity index (χ0n) is 23.0. The van der Waals surface area contributed by atoms with Gasteiger partial charge in [0.05, 0.1) is 17.8 Å². The number of aliphatic hydroxyl groups excluding tert-OH is 1. The summed E-state index contributed by atoms with van der Waals surface area (Å²) >= 11 is 0. The first-order valence-electron chi connectivity index (χ1n) is 13.3. The molecular formula is C30H38F2N4O3. The summed E-state index contributed by atoms with van der Waals surface area (Å²) in [4.78, 5) is 11.7. The third-order valence-corrected chi connectivity index (χ3v) is 7.74. The molecule has 0 bridgehead atoms. The second kappa shape index (κ2) is 11.1. The zero-order chi connectivity index (χ0) is 28.5. The normalized spacial score (nSPS) is 21.4. The smallest absolute Gasteiger partial charge is 0.404 e. The molecular weight excluding hydrogens is 502 g/mol. The summed E-state index contributed by atoms with van der Waals surface area (Å²) in [6, 6.07) is 11.5. The third-order valence-electron chi connectivity index (χ3n) is 7.74. The van der Waals surface area contributed by atoms with E-state index in [9.17, 15) is 23.8 Å². The number of aliphatic hydroxyl groups is 1. The zero-order valence-corrected chi connectivity index (χ0v) is 23.0. The van der Waals surface area contributed by atoms with Gasteiger partial charge in [0.15, 0.2) is 0 Å². The summed E-state index contributed by atoms with van der Waals surface area (Å²) in [7, 11) is 0. The number of halogens is 2. The van der Waals surface area contributed by atoms with Crippen LogP contribution in [0.3, 0.4) is 0 Å². The minimum atomic E-state index is -1.32. The van der Waals surface area contributed by atoms with Crippen molar-refractivity contribution < 1.29 is 23.8 Å². The number of hydrogen-bond donors (Lipinski definition) is 4. The number of aromatic nitrogens is 2. The molecule has 210 valence electrons. The second-order valence-electron chi connectivity index (χ2n) is 12.0. The number of rotatable bonds is 10. The molecule has 7 nitrogen and oxygen atoms in total. The van der Waals surface area contributed by atoms with E-state index in [1.54, 1.807) is 10.9 Å². The number of nitrogens with one attached hydrogen (secondary N) is 2. The van der Waals surface area contributed by atoms with Gasteiger partial charge in [-0.2, -0.15) is 5.10 Å². The molecule has 1 aliphatic carbocycles. The monoisotopic (exact) mass is 540 g/mol. The van der Waals surface area contributed by atoms with Gasteiger partial charge in [0, 0.05) is 30.0 Å². The Labute approximate surface area is 228 Å². The van der Waals surface area contributed by atoms with Crippen molar-refractivity contribution in [2.45, 2.75) is 71.2 Å². The van der Waals surface area contributed by atoms with Crippen molar-refractivity contribution in [2.75, 3.05) is 0 Å². The van der Waals surface area contributed by atoms with Gasteiger partial charge >= 0.3 is 6.09 Å². The van der Waals surface area contributed by atoms with Gasteiger partial charge in [-0.3, -0.25) is 0 Å². The maximum Gasteiger partial charge on any atom is 0.404 e. The van der Waals surface area contributed by atoms with E-state index in [1.165, 1.54) is 0 Å². The van der Waals surface area contributed by atoms with Crippen LogP contribution in [0.4, 0.5) is 13.6 Å². The van der Waals surface area contributed by atoms with Gasteiger partial charge in [-0.15, -0.1) is 0 Å². The first kappa shape index (κ1) is 28.7. The van der Waals surface area contributed by atoms with Crippen molar-refractivity contribution >= 4 is 6.09 Å². The predicted molar refractivity (Wildman–Crippen MR) is 146 cm³/mol. The van der Waals surface area contributed by atoms with Gasteiger partial charge in [0.1, 0.15) is 11.6 Å². The van der Waals surface area contributed by atoms with Crippen LogP contribution in [0, 0.1) is 28.9 Å². The van der Waals surface area contributed by atoms with Gasteiger partial charge in [0.25, 0.3) is 0 Å². The molecule has 0 radical (unpaired) electrons. The van der Waals surface area contributed by atoms with Gasteiger partial charge < -0.3 is 20.8 Å². The van der Waals surface area contributed by atoms with E-state index in [-0.39, 0.29) is 17.9 Å². The lowest BCUT2D eigenvalue weighted by Crippen LogP contribution is -2.60. The summed E-state index contributed by atoms with van der Waals surface area (Å²) in [5.74, 6) is -0.877. The number of benzene rings is 2. The van der Waals surface area contributed by atoms with Gasteiger partial charge in [0.2, 0.25) is 0 Å². The van der Waals surface area contributed by atoms with Gasteiger partial charge in [-0.05, 0) is 71.6 Å². The average Bonchev–Trinajstić information content (AvgIpc) is 3.32. The Morgan fingerprint density at radius 2 is 1.85 bits per heavy atom. The van der Waals surface area contributed by atoms with Gasteiger partial charge in [-0.25, -0.2) is 18.3 Å². The molecule has 1 aliphatic rings. The minimum Gasteiger partial charge on any atom is -0.465 e. The Morgan fingerprint density at radius 1 is 1.15 bits per heavy atom. The second-order valence-corrected chi connectivity index (χ2v) is 12.0. The first-order chi connectivity index (χ1) is 18.3. The summed E-state index contributed by atoms with van der Waals surface area (Å²) in [5, 5.41) is 31.8. The topological polar surface area (TPSA) is 99.4 Å². The number of amides is 1. The van der Waals surface area contributed by atoms with Crippen LogP contribution in [0.5, 0.6) is 0 Å². The molecule has 4 rings (SSSR count). The molecule has 4 N–H and O–H groups in total. The van der Waals surface area contributed by atoms with Crippen molar-refractivity contribution in [3.63, 3.8) is 0 Å². The summed E-state index contributed by atoms with van der Waals surface area (Å²) in [6.07, 6.45) is 1.85. The number of carbonyl (C=O) groups is 1. The van der Waals surface area contributed by atoms with E-state index in [0.717, 1.165) is 35.9 Å². The van der Waals surface area contributed by atoms with Crippen molar-refractivity contribution in [2.24, 2.45) is 17.3 Å². The first-order valence-corrected chi connectivity index (χ1v) is 13.3. The highest BCUT2D eigenvalue weighted by atomic mass is 19.1. The summed E-state index contributed by atoms with van der Waals surface area (Å²) in [6.45, 7) is 10.3. The Balaban J connectivity index is 1.69. The summed E-state index contributed by atoms with van der Waals surface area (Å²) < 4.78 is 29.6. The molecule has 0 saturated heterocycles. The lowest BCUT2D eigenvalue weighted by Gasteiger charge is -2.42. The lowest BCUT2D eigenvalue weighted by molar-refractivity contribution is 0.0304. The number of nitrogens with zero attached hydrogens (tertiary/aromatic N) is 2. The highest BCUT2D eigenvalue weighted by Gasteiger charge is 2.58. The quantitative estimate of drug-likeness (QED) is 0.281. The molecule has 0 spiro atoms. The predicted octanol–water partition coefficient (Wildman–Crippen LogP) is 5.27. The minimum absolute atomic E-state index is 0.0776. The van der Waals surface area contributed by atoms with Crippen LogP contribution in [0.25, 0.3) is 5.69 Å². The summed E-state index contributed by atoms with van der Waals surface area (Å²) in [5.41, 5.74) is 1.28.